The maximum absolute atomic E-state index is 6.30. The Kier molecular flexibility index (Phi) is 3.51. The normalized spacial score (nSPS) is 23.1. The van der Waals surface area contributed by atoms with Crippen LogP contribution >= 0.6 is 0 Å². The summed E-state index contributed by atoms with van der Waals surface area (Å²) in [5, 5.41) is 4.57. The first-order valence-corrected chi connectivity index (χ1v) is 6.96. The van der Waals surface area contributed by atoms with E-state index in [2.05, 4.69) is 44.6 Å². The second-order valence-corrected chi connectivity index (χ2v) is 6.47. The third-order valence-corrected chi connectivity index (χ3v) is 3.50. The van der Waals surface area contributed by atoms with Gasteiger partial charge >= 0.3 is 0 Å². The monoisotopic (exact) mass is 266 g/mol. The minimum atomic E-state index is -0.160. The number of rotatable bonds is 2. The second-order valence-electron chi connectivity index (χ2n) is 6.47. The van der Waals surface area contributed by atoms with Crippen molar-refractivity contribution >= 4 is 11.5 Å². The number of hydrogen-bond donors (Lipinski definition) is 1. The molecule has 0 aliphatic carbocycles. The SMILES string of the molecule is CC1CN(c2c(N)c(C(C)C)nn2C)CC(C)(C)O1. The zero-order valence-corrected chi connectivity index (χ0v) is 12.9. The van der Waals surface area contributed by atoms with E-state index in [4.69, 9.17) is 10.5 Å². The van der Waals surface area contributed by atoms with Gasteiger partial charge in [-0.2, -0.15) is 5.10 Å². The Bertz CT molecular complexity index is 464. The Hall–Kier alpha value is -1.23. The van der Waals surface area contributed by atoms with Crippen LogP contribution in [0, 0.1) is 0 Å². The molecule has 1 unspecified atom stereocenters. The van der Waals surface area contributed by atoms with Gasteiger partial charge < -0.3 is 15.4 Å². The molecule has 0 spiro atoms. The van der Waals surface area contributed by atoms with Crippen molar-refractivity contribution in [1.82, 2.24) is 9.78 Å². The number of aromatic nitrogens is 2. The number of hydrogen-bond acceptors (Lipinski definition) is 4. The van der Waals surface area contributed by atoms with Crippen molar-refractivity contribution in [3.63, 3.8) is 0 Å². The van der Waals surface area contributed by atoms with E-state index in [1.54, 1.807) is 0 Å². The van der Waals surface area contributed by atoms with Gasteiger partial charge in [0.2, 0.25) is 0 Å². The topological polar surface area (TPSA) is 56.3 Å². The van der Waals surface area contributed by atoms with Gasteiger partial charge in [0.05, 0.1) is 23.1 Å². The van der Waals surface area contributed by atoms with Crippen molar-refractivity contribution < 1.29 is 4.74 Å². The molecule has 0 amide bonds. The average molecular weight is 266 g/mol. The third kappa shape index (κ3) is 2.71. The summed E-state index contributed by atoms with van der Waals surface area (Å²) in [6.07, 6.45) is 0.195. The highest BCUT2D eigenvalue weighted by molar-refractivity contribution is 5.67. The number of ether oxygens (including phenoxy) is 1. The van der Waals surface area contributed by atoms with Crippen LogP contribution in [0.2, 0.25) is 0 Å². The highest BCUT2D eigenvalue weighted by Crippen LogP contribution is 2.34. The van der Waals surface area contributed by atoms with Crippen molar-refractivity contribution in [2.75, 3.05) is 23.7 Å². The van der Waals surface area contributed by atoms with Crippen LogP contribution in [0.1, 0.15) is 46.2 Å². The van der Waals surface area contributed by atoms with Gasteiger partial charge in [0.25, 0.3) is 0 Å². The molecule has 1 fully saturated rings. The zero-order chi connectivity index (χ0) is 14.4. The lowest BCUT2D eigenvalue weighted by Crippen LogP contribution is -2.52. The summed E-state index contributed by atoms with van der Waals surface area (Å²) in [6.45, 7) is 12.3. The summed E-state index contributed by atoms with van der Waals surface area (Å²) in [5.41, 5.74) is 7.93. The molecule has 0 aromatic carbocycles. The lowest BCUT2D eigenvalue weighted by Gasteiger charge is -2.42. The predicted molar refractivity (Wildman–Crippen MR) is 78.5 cm³/mol. The van der Waals surface area contributed by atoms with E-state index >= 15 is 0 Å². The molecule has 1 aliphatic heterocycles. The fourth-order valence-electron chi connectivity index (χ4n) is 2.97. The number of nitrogens with two attached hydrogens (primary N) is 1. The maximum atomic E-state index is 6.30. The van der Waals surface area contributed by atoms with E-state index in [-0.39, 0.29) is 11.7 Å². The minimum absolute atomic E-state index is 0.160. The minimum Gasteiger partial charge on any atom is -0.394 e. The number of nitrogens with zero attached hydrogens (tertiary/aromatic N) is 3. The molecular weight excluding hydrogens is 240 g/mol. The summed E-state index contributed by atoms with van der Waals surface area (Å²) < 4.78 is 7.85. The molecule has 0 saturated carbocycles. The molecule has 1 atom stereocenters. The first-order valence-electron chi connectivity index (χ1n) is 6.96. The summed E-state index contributed by atoms with van der Waals surface area (Å²) in [6, 6.07) is 0. The van der Waals surface area contributed by atoms with Gasteiger partial charge in [-0.25, -0.2) is 0 Å². The van der Waals surface area contributed by atoms with Crippen LogP contribution in [0.5, 0.6) is 0 Å². The van der Waals surface area contributed by atoms with Gasteiger partial charge in [0, 0.05) is 20.1 Å². The molecular formula is C14H26N4O. The third-order valence-electron chi connectivity index (χ3n) is 3.50. The van der Waals surface area contributed by atoms with E-state index in [0.29, 0.717) is 5.92 Å². The molecule has 1 aromatic heterocycles. The van der Waals surface area contributed by atoms with Crippen molar-refractivity contribution in [3.05, 3.63) is 5.69 Å². The summed E-state index contributed by atoms with van der Waals surface area (Å²) >= 11 is 0. The summed E-state index contributed by atoms with van der Waals surface area (Å²) in [5.74, 6) is 1.36. The van der Waals surface area contributed by atoms with Crippen LogP contribution in [-0.4, -0.2) is 34.6 Å². The van der Waals surface area contributed by atoms with Crippen LogP contribution in [0.25, 0.3) is 0 Å². The Morgan fingerprint density at radius 1 is 1.42 bits per heavy atom. The highest BCUT2D eigenvalue weighted by Gasteiger charge is 2.34. The fourth-order valence-corrected chi connectivity index (χ4v) is 2.97. The van der Waals surface area contributed by atoms with Crippen LogP contribution < -0.4 is 10.6 Å². The molecule has 19 heavy (non-hydrogen) atoms. The van der Waals surface area contributed by atoms with Gasteiger partial charge in [0.1, 0.15) is 0 Å². The van der Waals surface area contributed by atoms with Crippen LogP contribution in [0.4, 0.5) is 11.5 Å². The van der Waals surface area contributed by atoms with Gasteiger partial charge in [-0.1, -0.05) is 13.8 Å². The van der Waals surface area contributed by atoms with E-state index in [0.717, 1.165) is 30.3 Å². The van der Waals surface area contributed by atoms with Gasteiger partial charge in [-0.05, 0) is 26.7 Å². The maximum Gasteiger partial charge on any atom is 0.150 e. The highest BCUT2D eigenvalue weighted by atomic mass is 16.5. The molecule has 5 heteroatoms. The van der Waals surface area contributed by atoms with Crippen molar-refractivity contribution in [1.29, 1.82) is 0 Å². The van der Waals surface area contributed by atoms with Crippen molar-refractivity contribution in [2.24, 2.45) is 7.05 Å². The molecule has 1 saturated heterocycles. The molecule has 0 radical (unpaired) electrons. The predicted octanol–water partition coefficient (Wildman–Crippen LogP) is 2.13. The molecule has 108 valence electrons. The average Bonchev–Trinajstić information content (AvgIpc) is 2.51. The van der Waals surface area contributed by atoms with Crippen LogP contribution in [0.15, 0.2) is 0 Å². The zero-order valence-electron chi connectivity index (χ0n) is 12.9. The quantitative estimate of drug-likeness (QED) is 0.891. The van der Waals surface area contributed by atoms with Gasteiger partial charge in [-0.3, -0.25) is 4.68 Å². The molecule has 2 N–H and O–H groups in total. The molecule has 2 rings (SSSR count). The van der Waals surface area contributed by atoms with E-state index < -0.39 is 0 Å². The van der Waals surface area contributed by atoms with Crippen LogP contribution in [0.3, 0.4) is 0 Å². The first-order chi connectivity index (χ1) is 8.71. The largest absolute Gasteiger partial charge is 0.394 e. The fraction of sp³-hybridized carbons (Fsp3) is 0.786. The smallest absolute Gasteiger partial charge is 0.150 e. The number of anilines is 2. The summed E-state index contributed by atoms with van der Waals surface area (Å²) in [4.78, 5) is 2.29. The first kappa shape index (κ1) is 14.2. The Balaban J connectivity index is 2.36. The Morgan fingerprint density at radius 2 is 2.05 bits per heavy atom. The second kappa shape index (κ2) is 4.71. The molecule has 1 aliphatic rings. The molecule has 1 aromatic rings. The number of nitrogen functional groups attached to an aromatic ring is 1. The standard InChI is InChI=1S/C14H26N4O/c1-9(2)12-11(15)13(17(6)16-12)18-7-10(3)19-14(4,5)8-18/h9-10H,7-8,15H2,1-6H3. The number of morpholine rings is 1. The van der Waals surface area contributed by atoms with Gasteiger partial charge in [0.15, 0.2) is 5.82 Å². The Labute approximate surface area is 115 Å². The van der Waals surface area contributed by atoms with E-state index in [1.807, 2.05) is 11.7 Å². The van der Waals surface area contributed by atoms with Crippen LogP contribution in [-0.2, 0) is 11.8 Å². The van der Waals surface area contributed by atoms with Crippen molar-refractivity contribution in [2.45, 2.75) is 52.2 Å². The molecule has 5 nitrogen and oxygen atoms in total. The van der Waals surface area contributed by atoms with Gasteiger partial charge in [-0.15, -0.1) is 0 Å². The summed E-state index contributed by atoms with van der Waals surface area (Å²) in [7, 11) is 1.96. The number of aryl methyl sites for hydroxylation is 1. The molecule has 0 bridgehead atoms. The lowest BCUT2D eigenvalue weighted by molar-refractivity contribution is -0.0752. The molecule has 2 heterocycles. The van der Waals surface area contributed by atoms with E-state index in [9.17, 15) is 0 Å². The van der Waals surface area contributed by atoms with Crippen molar-refractivity contribution in [3.8, 4) is 0 Å². The van der Waals surface area contributed by atoms with E-state index in [1.165, 1.54) is 0 Å². The lowest BCUT2D eigenvalue weighted by atomic mass is 10.0. The Morgan fingerprint density at radius 3 is 2.53 bits per heavy atom.